The molecule has 158 valence electrons. The van der Waals surface area contributed by atoms with Gasteiger partial charge in [0.05, 0.1) is 26.2 Å². The standard InChI is InChI=1S/C22H16Cl2N2O4S/c1-3-9-30-19-16(23)10-13(11-17(19)24)12-18-20(27)26(4-2)22(31-18)25-15-7-5-14(6-8-15)21(28)29/h1,5-8,10-12H,4,9H2,2H3,(H,28,29)/b18-12-,25-22?. The molecule has 0 aromatic heterocycles. The highest BCUT2D eigenvalue weighted by atomic mass is 35.5. The minimum Gasteiger partial charge on any atom is -0.478 e. The predicted molar refractivity (Wildman–Crippen MR) is 124 cm³/mol. The fourth-order valence-corrected chi connectivity index (χ4v) is 4.40. The molecule has 1 aliphatic heterocycles. The number of amidine groups is 1. The lowest BCUT2D eigenvalue weighted by atomic mass is 10.2. The van der Waals surface area contributed by atoms with Crippen LogP contribution in [0.4, 0.5) is 5.69 Å². The van der Waals surface area contributed by atoms with E-state index in [0.29, 0.717) is 27.9 Å². The maximum absolute atomic E-state index is 12.8. The Hall–Kier alpha value is -2.92. The van der Waals surface area contributed by atoms with Gasteiger partial charge in [-0.15, -0.1) is 6.42 Å². The molecule has 0 saturated carbocycles. The van der Waals surface area contributed by atoms with Gasteiger partial charge in [-0.2, -0.15) is 0 Å². The quantitative estimate of drug-likeness (QED) is 0.452. The van der Waals surface area contributed by atoms with Crippen molar-refractivity contribution in [3.63, 3.8) is 0 Å². The van der Waals surface area contributed by atoms with Gasteiger partial charge in [0.25, 0.3) is 5.91 Å². The van der Waals surface area contributed by atoms with E-state index >= 15 is 0 Å². The molecule has 31 heavy (non-hydrogen) atoms. The van der Waals surface area contributed by atoms with Crippen molar-refractivity contribution in [1.82, 2.24) is 4.90 Å². The van der Waals surface area contributed by atoms with Gasteiger partial charge in [0.15, 0.2) is 10.9 Å². The van der Waals surface area contributed by atoms with Crippen LogP contribution in [0.3, 0.4) is 0 Å². The molecule has 1 saturated heterocycles. The average Bonchev–Trinajstić information content (AvgIpc) is 3.01. The van der Waals surface area contributed by atoms with Crippen molar-refractivity contribution in [2.45, 2.75) is 6.92 Å². The van der Waals surface area contributed by atoms with Gasteiger partial charge in [0, 0.05) is 6.54 Å². The number of carboxylic acids is 1. The van der Waals surface area contributed by atoms with Crippen molar-refractivity contribution in [3.05, 3.63) is 62.5 Å². The number of carbonyl (C=O) groups is 2. The van der Waals surface area contributed by atoms with Crippen LogP contribution in [0.25, 0.3) is 6.08 Å². The fourth-order valence-electron chi connectivity index (χ4n) is 2.73. The van der Waals surface area contributed by atoms with Gasteiger partial charge in [-0.05, 0) is 66.7 Å². The number of terminal acetylenes is 1. The van der Waals surface area contributed by atoms with Gasteiger partial charge in [0.1, 0.15) is 6.61 Å². The summed E-state index contributed by atoms with van der Waals surface area (Å²) in [5.41, 5.74) is 1.33. The number of amides is 1. The Morgan fingerprint density at radius 3 is 2.48 bits per heavy atom. The lowest BCUT2D eigenvalue weighted by Crippen LogP contribution is -2.28. The second-order valence-corrected chi connectivity index (χ2v) is 8.04. The topological polar surface area (TPSA) is 79.2 Å². The molecule has 6 nitrogen and oxygen atoms in total. The van der Waals surface area contributed by atoms with Crippen LogP contribution in [-0.4, -0.2) is 40.2 Å². The summed E-state index contributed by atoms with van der Waals surface area (Å²) in [6, 6.07) is 9.37. The van der Waals surface area contributed by atoms with E-state index in [0.717, 1.165) is 0 Å². The average molecular weight is 475 g/mol. The normalized spacial score (nSPS) is 16.1. The predicted octanol–water partition coefficient (Wildman–Crippen LogP) is 5.33. The fraction of sp³-hybridized carbons (Fsp3) is 0.136. The Labute approximate surface area is 193 Å². The first-order valence-corrected chi connectivity index (χ1v) is 10.6. The van der Waals surface area contributed by atoms with Gasteiger partial charge in [-0.1, -0.05) is 29.1 Å². The molecule has 1 fully saturated rings. The third kappa shape index (κ3) is 5.23. The number of hydrogen-bond donors (Lipinski definition) is 1. The van der Waals surface area contributed by atoms with Crippen molar-refractivity contribution in [2.75, 3.05) is 13.2 Å². The molecule has 1 aliphatic rings. The molecular formula is C22H16Cl2N2O4S. The molecule has 0 bridgehead atoms. The molecule has 2 aromatic carbocycles. The summed E-state index contributed by atoms with van der Waals surface area (Å²) in [5, 5.41) is 10.1. The molecule has 2 aromatic rings. The molecule has 1 N–H and O–H groups in total. The van der Waals surface area contributed by atoms with E-state index in [1.807, 2.05) is 6.92 Å². The van der Waals surface area contributed by atoms with Crippen LogP contribution in [0.1, 0.15) is 22.8 Å². The molecule has 3 rings (SSSR count). The number of nitrogens with zero attached hydrogens (tertiary/aromatic N) is 2. The Balaban J connectivity index is 1.90. The molecule has 0 spiro atoms. The van der Waals surface area contributed by atoms with E-state index in [1.54, 1.807) is 30.3 Å². The van der Waals surface area contributed by atoms with Crippen LogP contribution >= 0.6 is 35.0 Å². The number of thioether (sulfide) groups is 1. The van der Waals surface area contributed by atoms with Crippen molar-refractivity contribution in [1.29, 1.82) is 0 Å². The van der Waals surface area contributed by atoms with Gasteiger partial charge >= 0.3 is 5.97 Å². The van der Waals surface area contributed by atoms with E-state index in [-0.39, 0.29) is 33.9 Å². The number of halogens is 2. The van der Waals surface area contributed by atoms with Crippen molar-refractivity contribution in [2.24, 2.45) is 4.99 Å². The molecule has 1 amide bonds. The first kappa shape index (κ1) is 22.8. The Morgan fingerprint density at radius 2 is 1.94 bits per heavy atom. The number of carboxylic acid groups (broad SMARTS) is 1. The number of carbonyl (C=O) groups excluding carboxylic acids is 1. The summed E-state index contributed by atoms with van der Waals surface area (Å²) >= 11 is 13.7. The van der Waals surface area contributed by atoms with Crippen LogP contribution < -0.4 is 4.74 Å². The van der Waals surface area contributed by atoms with Crippen LogP contribution in [0.2, 0.25) is 10.0 Å². The first-order chi connectivity index (χ1) is 14.8. The smallest absolute Gasteiger partial charge is 0.335 e. The van der Waals surface area contributed by atoms with Gasteiger partial charge in [-0.3, -0.25) is 9.69 Å². The third-order valence-corrected chi connectivity index (χ3v) is 5.73. The zero-order valence-electron chi connectivity index (χ0n) is 16.3. The number of benzene rings is 2. The Bertz CT molecular complexity index is 1110. The van der Waals surface area contributed by atoms with Crippen LogP contribution in [0.15, 0.2) is 46.3 Å². The second kappa shape index (κ2) is 9.92. The van der Waals surface area contributed by atoms with Crippen molar-refractivity contribution < 1.29 is 19.4 Å². The van der Waals surface area contributed by atoms with Crippen LogP contribution in [0.5, 0.6) is 5.75 Å². The molecule has 9 heteroatoms. The third-order valence-electron chi connectivity index (χ3n) is 4.16. The van der Waals surface area contributed by atoms with Crippen molar-refractivity contribution in [3.8, 4) is 18.1 Å². The molecular weight excluding hydrogens is 459 g/mol. The van der Waals surface area contributed by atoms with Crippen LogP contribution in [-0.2, 0) is 4.79 Å². The summed E-state index contributed by atoms with van der Waals surface area (Å²) in [6.07, 6.45) is 6.87. The van der Waals surface area contributed by atoms with Crippen molar-refractivity contribution >= 4 is 63.8 Å². The second-order valence-electron chi connectivity index (χ2n) is 6.21. The number of hydrogen-bond acceptors (Lipinski definition) is 5. The lowest BCUT2D eigenvalue weighted by molar-refractivity contribution is -0.122. The van der Waals surface area contributed by atoms with E-state index in [1.165, 1.54) is 28.8 Å². The van der Waals surface area contributed by atoms with Gasteiger partial charge in [0.2, 0.25) is 0 Å². The molecule has 0 radical (unpaired) electrons. The summed E-state index contributed by atoms with van der Waals surface area (Å²) in [5.74, 6) is 1.42. The maximum atomic E-state index is 12.8. The van der Waals surface area contributed by atoms with Crippen LogP contribution in [0, 0.1) is 12.3 Å². The minimum atomic E-state index is -1.02. The maximum Gasteiger partial charge on any atom is 0.335 e. The largest absolute Gasteiger partial charge is 0.478 e. The zero-order valence-corrected chi connectivity index (χ0v) is 18.6. The molecule has 1 heterocycles. The summed E-state index contributed by atoms with van der Waals surface area (Å²) < 4.78 is 5.35. The highest BCUT2D eigenvalue weighted by molar-refractivity contribution is 8.18. The number of aliphatic imine (C=N–C) groups is 1. The molecule has 0 aliphatic carbocycles. The summed E-state index contributed by atoms with van der Waals surface area (Å²) in [4.78, 5) is 30.3. The monoisotopic (exact) mass is 474 g/mol. The molecule has 0 atom stereocenters. The number of aromatic carboxylic acids is 1. The highest BCUT2D eigenvalue weighted by Gasteiger charge is 2.32. The molecule has 0 unspecified atom stereocenters. The Kier molecular flexibility index (Phi) is 7.29. The van der Waals surface area contributed by atoms with E-state index in [4.69, 9.17) is 39.5 Å². The summed E-state index contributed by atoms with van der Waals surface area (Å²) in [7, 11) is 0. The van der Waals surface area contributed by atoms with E-state index < -0.39 is 5.97 Å². The number of rotatable bonds is 6. The first-order valence-electron chi connectivity index (χ1n) is 9.02. The van der Waals surface area contributed by atoms with Gasteiger partial charge < -0.3 is 9.84 Å². The number of likely N-dealkylation sites (N-methyl/N-ethyl adjacent to an activating group) is 1. The SMILES string of the molecule is C#CCOc1c(Cl)cc(/C=C2\SC(=Nc3ccc(C(=O)O)cc3)N(CC)C2=O)cc1Cl. The van der Waals surface area contributed by atoms with E-state index in [2.05, 4.69) is 10.9 Å². The lowest BCUT2D eigenvalue weighted by Gasteiger charge is -2.12. The van der Waals surface area contributed by atoms with E-state index in [9.17, 15) is 9.59 Å². The summed E-state index contributed by atoms with van der Waals surface area (Å²) in [6.45, 7) is 2.30. The zero-order chi connectivity index (χ0) is 22.5. The minimum absolute atomic E-state index is 0.0347. The highest BCUT2D eigenvalue weighted by Crippen LogP contribution is 2.38. The Morgan fingerprint density at radius 1 is 1.29 bits per heavy atom. The number of ether oxygens (including phenoxy) is 1. The van der Waals surface area contributed by atoms with Gasteiger partial charge in [-0.25, -0.2) is 9.79 Å².